The van der Waals surface area contributed by atoms with E-state index in [9.17, 15) is 4.79 Å². The molecule has 4 bridgehead atoms. The highest BCUT2D eigenvalue weighted by Gasteiger charge is 2.54. The second-order valence-corrected chi connectivity index (χ2v) is 10.3. The third-order valence-electron chi connectivity index (χ3n) is 8.07. The van der Waals surface area contributed by atoms with Gasteiger partial charge in [0.15, 0.2) is 11.5 Å². The van der Waals surface area contributed by atoms with Crippen LogP contribution < -0.4 is 19.5 Å². The maximum Gasteiger partial charge on any atom is 0.230 e. The van der Waals surface area contributed by atoms with E-state index in [2.05, 4.69) is 10.3 Å². The van der Waals surface area contributed by atoms with Crippen LogP contribution in [0.2, 0.25) is 0 Å². The zero-order valence-electron chi connectivity index (χ0n) is 19.7. The van der Waals surface area contributed by atoms with Crippen LogP contribution in [0.3, 0.4) is 0 Å². The summed E-state index contributed by atoms with van der Waals surface area (Å²) in [6, 6.07) is 13.2. The number of fused-ring (bicyclic) bond motifs is 1. The van der Waals surface area contributed by atoms with Crippen molar-refractivity contribution in [1.82, 2.24) is 4.98 Å². The van der Waals surface area contributed by atoms with E-state index in [0.717, 1.165) is 53.6 Å². The van der Waals surface area contributed by atoms with E-state index in [-0.39, 0.29) is 11.3 Å². The van der Waals surface area contributed by atoms with Crippen LogP contribution in [-0.4, -0.2) is 25.1 Å². The Bertz CT molecular complexity index is 1200. The van der Waals surface area contributed by atoms with Crippen molar-refractivity contribution in [1.29, 1.82) is 0 Å². The number of methoxy groups -OCH3 is 2. The fraction of sp³-hybridized carbons (Fsp3) is 0.429. The summed E-state index contributed by atoms with van der Waals surface area (Å²) in [5.41, 5.74) is 1.42. The molecule has 176 valence electrons. The molecular formula is C28H30N2O4. The maximum atomic E-state index is 13.3. The lowest BCUT2D eigenvalue weighted by Crippen LogP contribution is -2.51. The van der Waals surface area contributed by atoms with Crippen molar-refractivity contribution in [2.75, 3.05) is 19.5 Å². The molecule has 4 aliphatic rings. The zero-order valence-corrected chi connectivity index (χ0v) is 19.7. The Hall–Kier alpha value is -3.28. The van der Waals surface area contributed by atoms with Crippen LogP contribution in [-0.2, 0) is 4.79 Å². The molecule has 0 saturated heterocycles. The minimum atomic E-state index is -0.153. The highest BCUT2D eigenvalue weighted by atomic mass is 16.5. The number of nitrogens with zero attached hydrogens (tertiary/aromatic N) is 1. The standard InChI is InChI=1S/C28H30N2O4/c1-32-25-12-22-23(13-26(25)33-2)29-8-7-24(22)34-21-5-3-20(4-6-21)30-27(31)28-14-17-9-18(15-28)11-19(10-17)16-28/h3-8,12-13,17-19H,9-11,14-16H2,1-2H3,(H,30,31). The van der Waals surface area contributed by atoms with Gasteiger partial charge in [0, 0.05) is 23.3 Å². The van der Waals surface area contributed by atoms with E-state index in [1.165, 1.54) is 19.3 Å². The molecule has 0 aliphatic heterocycles. The van der Waals surface area contributed by atoms with Crippen molar-refractivity contribution in [3.05, 3.63) is 48.7 Å². The molecule has 4 fully saturated rings. The fourth-order valence-corrected chi connectivity index (χ4v) is 6.92. The van der Waals surface area contributed by atoms with Crippen LogP contribution >= 0.6 is 0 Å². The summed E-state index contributed by atoms with van der Waals surface area (Å²) in [4.78, 5) is 17.8. The van der Waals surface area contributed by atoms with Gasteiger partial charge in [0.05, 0.1) is 25.2 Å². The molecule has 1 aromatic heterocycles. The fourth-order valence-electron chi connectivity index (χ4n) is 6.92. The van der Waals surface area contributed by atoms with Crippen molar-refractivity contribution in [3.63, 3.8) is 0 Å². The highest BCUT2D eigenvalue weighted by molar-refractivity contribution is 5.95. The van der Waals surface area contributed by atoms with Crippen LogP contribution in [0.4, 0.5) is 5.69 Å². The second-order valence-electron chi connectivity index (χ2n) is 10.3. The maximum absolute atomic E-state index is 13.3. The predicted octanol–water partition coefficient (Wildman–Crippen LogP) is 6.20. The molecule has 1 N–H and O–H groups in total. The van der Waals surface area contributed by atoms with Crippen LogP contribution in [0, 0.1) is 23.2 Å². The average Bonchev–Trinajstić information content (AvgIpc) is 2.83. The first-order valence-electron chi connectivity index (χ1n) is 12.2. The lowest BCUT2D eigenvalue weighted by Gasteiger charge is -2.55. The van der Waals surface area contributed by atoms with Crippen LogP contribution in [0.15, 0.2) is 48.7 Å². The lowest BCUT2D eigenvalue weighted by atomic mass is 9.49. The number of nitrogens with one attached hydrogen (secondary N) is 1. The Morgan fingerprint density at radius 2 is 1.50 bits per heavy atom. The number of ether oxygens (including phenoxy) is 3. The van der Waals surface area contributed by atoms with E-state index in [0.29, 0.717) is 23.0 Å². The molecule has 6 nitrogen and oxygen atoms in total. The number of carbonyl (C=O) groups excluding carboxylic acids is 1. The number of amides is 1. The van der Waals surface area contributed by atoms with Gasteiger partial charge < -0.3 is 19.5 Å². The first-order valence-corrected chi connectivity index (χ1v) is 12.2. The third-order valence-corrected chi connectivity index (χ3v) is 8.07. The Labute approximate surface area is 199 Å². The number of hydrogen-bond donors (Lipinski definition) is 1. The van der Waals surface area contributed by atoms with Crippen molar-refractivity contribution < 1.29 is 19.0 Å². The van der Waals surface area contributed by atoms with Gasteiger partial charge in [-0.2, -0.15) is 0 Å². The van der Waals surface area contributed by atoms with Crippen LogP contribution in [0.1, 0.15) is 38.5 Å². The number of anilines is 1. The predicted molar refractivity (Wildman–Crippen MR) is 131 cm³/mol. The van der Waals surface area contributed by atoms with E-state index >= 15 is 0 Å². The van der Waals surface area contributed by atoms with Crippen molar-refractivity contribution in [2.24, 2.45) is 23.2 Å². The number of rotatable bonds is 6. The number of pyridine rings is 1. The SMILES string of the molecule is COc1cc2nccc(Oc3ccc(NC(=O)C45CC6CC(CC(C6)C4)C5)cc3)c2cc1OC. The molecule has 6 heteroatoms. The van der Waals surface area contributed by atoms with Gasteiger partial charge in [-0.25, -0.2) is 0 Å². The monoisotopic (exact) mass is 458 g/mol. The van der Waals surface area contributed by atoms with Crippen molar-refractivity contribution >= 4 is 22.5 Å². The molecule has 0 radical (unpaired) electrons. The summed E-state index contributed by atoms with van der Waals surface area (Å²) in [5, 5.41) is 4.05. The van der Waals surface area contributed by atoms with Gasteiger partial charge in [0.2, 0.25) is 5.91 Å². The van der Waals surface area contributed by atoms with E-state index < -0.39 is 0 Å². The molecule has 3 aromatic rings. The van der Waals surface area contributed by atoms with Gasteiger partial charge in [-0.1, -0.05) is 0 Å². The summed E-state index contributed by atoms with van der Waals surface area (Å²) < 4.78 is 17.0. The first kappa shape index (κ1) is 21.3. The van der Waals surface area contributed by atoms with Gasteiger partial charge in [0.25, 0.3) is 0 Å². The molecule has 7 rings (SSSR count). The molecular weight excluding hydrogens is 428 g/mol. The van der Waals surface area contributed by atoms with Crippen LogP contribution in [0.25, 0.3) is 10.9 Å². The molecule has 0 unspecified atom stereocenters. The minimum Gasteiger partial charge on any atom is -0.493 e. The minimum absolute atomic E-state index is 0.153. The van der Waals surface area contributed by atoms with E-state index in [1.807, 2.05) is 42.5 Å². The molecule has 4 saturated carbocycles. The lowest BCUT2D eigenvalue weighted by molar-refractivity contribution is -0.140. The molecule has 1 heterocycles. The first-order chi connectivity index (χ1) is 16.5. The third kappa shape index (κ3) is 3.65. The van der Waals surface area contributed by atoms with Gasteiger partial charge >= 0.3 is 0 Å². The number of benzene rings is 2. The summed E-state index contributed by atoms with van der Waals surface area (Å²) in [6.07, 6.45) is 8.91. The van der Waals surface area contributed by atoms with Crippen molar-refractivity contribution in [2.45, 2.75) is 38.5 Å². The van der Waals surface area contributed by atoms with Crippen molar-refractivity contribution in [3.8, 4) is 23.0 Å². The van der Waals surface area contributed by atoms with Gasteiger partial charge in [-0.05, 0) is 92.7 Å². The Morgan fingerprint density at radius 3 is 2.12 bits per heavy atom. The molecule has 0 spiro atoms. The summed E-state index contributed by atoms with van der Waals surface area (Å²) >= 11 is 0. The van der Waals surface area contributed by atoms with E-state index in [1.54, 1.807) is 20.4 Å². The molecule has 0 atom stereocenters. The van der Waals surface area contributed by atoms with Gasteiger partial charge in [-0.15, -0.1) is 0 Å². The smallest absolute Gasteiger partial charge is 0.230 e. The average molecular weight is 459 g/mol. The quantitative estimate of drug-likeness (QED) is 0.476. The van der Waals surface area contributed by atoms with E-state index in [4.69, 9.17) is 14.2 Å². The summed E-state index contributed by atoms with van der Waals surface area (Å²) in [5.74, 6) is 5.08. The normalized spacial score (nSPS) is 26.9. The number of carbonyl (C=O) groups is 1. The van der Waals surface area contributed by atoms with Gasteiger partial charge in [-0.3, -0.25) is 9.78 Å². The molecule has 1 amide bonds. The Kier molecular flexibility index (Phi) is 5.12. The zero-order chi connectivity index (χ0) is 23.3. The molecule has 34 heavy (non-hydrogen) atoms. The number of hydrogen-bond acceptors (Lipinski definition) is 5. The molecule has 2 aromatic carbocycles. The largest absolute Gasteiger partial charge is 0.493 e. The highest BCUT2D eigenvalue weighted by Crippen LogP contribution is 2.60. The topological polar surface area (TPSA) is 69.7 Å². The molecule has 4 aliphatic carbocycles. The summed E-state index contributed by atoms with van der Waals surface area (Å²) in [7, 11) is 3.21. The second kappa shape index (κ2) is 8.19. The van der Waals surface area contributed by atoms with Crippen LogP contribution in [0.5, 0.6) is 23.0 Å². The Morgan fingerprint density at radius 1 is 0.882 bits per heavy atom. The number of aromatic nitrogens is 1. The Balaban J connectivity index is 1.19. The van der Waals surface area contributed by atoms with Gasteiger partial charge in [0.1, 0.15) is 11.5 Å². The summed E-state index contributed by atoms with van der Waals surface area (Å²) in [6.45, 7) is 0.